The summed E-state index contributed by atoms with van der Waals surface area (Å²) in [5.41, 5.74) is 6.53. The van der Waals surface area contributed by atoms with E-state index in [0.717, 1.165) is 10.1 Å². The van der Waals surface area contributed by atoms with Gasteiger partial charge in [-0.05, 0) is 0 Å². The minimum atomic E-state index is 0.746. The average Bonchev–Trinajstić information content (AvgIpc) is 1.90. The molecule has 0 fully saturated rings. The van der Waals surface area contributed by atoms with Gasteiger partial charge < -0.3 is 0 Å². The summed E-state index contributed by atoms with van der Waals surface area (Å²) in [7, 11) is 0. The van der Waals surface area contributed by atoms with Gasteiger partial charge in [-0.15, -0.1) is 0 Å². The second kappa shape index (κ2) is 2.93. The zero-order valence-corrected chi connectivity index (χ0v) is 6.15. The molecule has 2 heteroatoms. The third-order valence-electron chi connectivity index (χ3n) is 1.06. The van der Waals surface area contributed by atoms with Crippen LogP contribution in [-0.4, -0.2) is 4.50 Å². The molecule has 9 heavy (non-hydrogen) atoms. The summed E-state index contributed by atoms with van der Waals surface area (Å²) >= 11 is 2.75. The molecule has 0 radical (unpaired) electrons. The van der Waals surface area contributed by atoms with Gasteiger partial charge in [0.15, 0.2) is 0 Å². The predicted molar refractivity (Wildman–Crippen MR) is 34.7 cm³/mol. The zero-order valence-electron chi connectivity index (χ0n) is 4.87. The van der Waals surface area contributed by atoms with Crippen LogP contribution >= 0.6 is 0 Å². The molecule has 0 saturated carbocycles. The first-order chi connectivity index (χ1) is 4.30. The van der Waals surface area contributed by atoms with Gasteiger partial charge in [-0.2, -0.15) is 0 Å². The van der Waals surface area contributed by atoms with Crippen LogP contribution in [0.25, 0.3) is 0 Å². The van der Waals surface area contributed by atoms with E-state index in [0.29, 0.717) is 0 Å². The SMILES string of the molecule is N[C](=[Cr])c1ccccc1. The van der Waals surface area contributed by atoms with E-state index < -0.39 is 0 Å². The van der Waals surface area contributed by atoms with Crippen molar-refractivity contribution < 1.29 is 15.9 Å². The Hall–Kier alpha value is -0.418. The second-order valence-electron chi connectivity index (χ2n) is 1.73. The molecular weight excluding hydrogens is 150 g/mol. The van der Waals surface area contributed by atoms with Gasteiger partial charge in [0, 0.05) is 0 Å². The second-order valence-corrected chi connectivity index (χ2v) is 2.42. The summed E-state index contributed by atoms with van der Waals surface area (Å²) in [6, 6.07) is 9.81. The van der Waals surface area contributed by atoms with E-state index in [1.807, 2.05) is 30.3 Å². The van der Waals surface area contributed by atoms with Gasteiger partial charge in [-0.1, -0.05) is 0 Å². The molecule has 1 nitrogen and oxygen atoms in total. The molecule has 0 aliphatic rings. The molecule has 0 aliphatic heterocycles. The third kappa shape index (κ3) is 1.76. The van der Waals surface area contributed by atoms with Crippen LogP contribution in [0.2, 0.25) is 0 Å². The molecule has 1 aromatic rings. The Morgan fingerprint density at radius 2 is 1.78 bits per heavy atom. The van der Waals surface area contributed by atoms with E-state index in [9.17, 15) is 0 Å². The summed E-state index contributed by atoms with van der Waals surface area (Å²) in [5.74, 6) is 0. The molecular formula is C7H7CrN. The van der Waals surface area contributed by atoms with E-state index in [-0.39, 0.29) is 0 Å². The van der Waals surface area contributed by atoms with E-state index in [1.54, 1.807) is 0 Å². The van der Waals surface area contributed by atoms with Crippen molar-refractivity contribution in [1.29, 1.82) is 0 Å². The normalized spacial score (nSPS) is 9.00. The summed E-state index contributed by atoms with van der Waals surface area (Å²) in [4.78, 5) is 0. The number of hydrogen-bond donors (Lipinski definition) is 1. The van der Waals surface area contributed by atoms with Crippen LogP contribution < -0.4 is 5.73 Å². The molecule has 46 valence electrons. The van der Waals surface area contributed by atoms with Crippen molar-refractivity contribution in [3.8, 4) is 0 Å². The summed E-state index contributed by atoms with van der Waals surface area (Å²) in [6.07, 6.45) is 0. The van der Waals surface area contributed by atoms with E-state index in [1.165, 1.54) is 0 Å². The van der Waals surface area contributed by atoms with Crippen LogP contribution in [0.15, 0.2) is 30.3 Å². The van der Waals surface area contributed by atoms with E-state index >= 15 is 0 Å². The Morgan fingerprint density at radius 3 is 2.11 bits per heavy atom. The number of nitrogens with two attached hydrogens (primary N) is 1. The van der Waals surface area contributed by atoms with Gasteiger partial charge in [-0.25, -0.2) is 0 Å². The topological polar surface area (TPSA) is 26.0 Å². The van der Waals surface area contributed by atoms with Crippen molar-refractivity contribution >= 4 is 4.50 Å². The van der Waals surface area contributed by atoms with Crippen molar-refractivity contribution in [2.45, 2.75) is 0 Å². The van der Waals surface area contributed by atoms with Crippen LogP contribution in [0.5, 0.6) is 0 Å². The minimum absolute atomic E-state index is 0.746. The first kappa shape index (κ1) is 6.70. The van der Waals surface area contributed by atoms with Crippen LogP contribution in [-0.2, 0) is 15.9 Å². The van der Waals surface area contributed by atoms with Crippen LogP contribution in [0.4, 0.5) is 0 Å². The fraction of sp³-hybridized carbons (Fsp3) is 0. The molecule has 0 saturated heterocycles. The molecule has 2 N–H and O–H groups in total. The van der Waals surface area contributed by atoms with Crippen molar-refractivity contribution in [2.75, 3.05) is 0 Å². The van der Waals surface area contributed by atoms with Crippen molar-refractivity contribution in [3.63, 3.8) is 0 Å². The predicted octanol–water partition coefficient (Wildman–Crippen LogP) is 0.670. The number of benzene rings is 1. The van der Waals surface area contributed by atoms with Crippen molar-refractivity contribution in [1.82, 2.24) is 0 Å². The molecule has 0 atom stereocenters. The summed E-state index contributed by atoms with van der Waals surface area (Å²) in [6.45, 7) is 0. The van der Waals surface area contributed by atoms with Gasteiger partial charge in [0.05, 0.1) is 0 Å². The third-order valence-corrected chi connectivity index (χ3v) is 1.43. The van der Waals surface area contributed by atoms with Gasteiger partial charge >= 0.3 is 62.0 Å². The van der Waals surface area contributed by atoms with E-state index in [2.05, 4.69) is 15.9 Å². The van der Waals surface area contributed by atoms with Crippen molar-refractivity contribution in [3.05, 3.63) is 35.9 Å². The molecule has 1 aromatic carbocycles. The molecule has 0 spiro atoms. The number of rotatable bonds is 1. The first-order valence-corrected chi connectivity index (χ1v) is 3.29. The standard InChI is InChI=1S/C7H7N.Cr/c8-6-7-4-2-1-3-5-7;/h1-5H,8H2;. The molecule has 0 aromatic heterocycles. The molecule has 0 heterocycles. The monoisotopic (exact) mass is 157 g/mol. The Labute approximate surface area is 62.5 Å². The Morgan fingerprint density at radius 1 is 1.22 bits per heavy atom. The van der Waals surface area contributed by atoms with Crippen LogP contribution in [0.3, 0.4) is 0 Å². The van der Waals surface area contributed by atoms with Gasteiger partial charge in [-0.3, -0.25) is 0 Å². The first-order valence-electron chi connectivity index (χ1n) is 2.65. The Balaban J connectivity index is 2.98. The van der Waals surface area contributed by atoms with Crippen LogP contribution in [0.1, 0.15) is 5.56 Å². The quantitative estimate of drug-likeness (QED) is 0.637. The summed E-state index contributed by atoms with van der Waals surface area (Å²) < 4.78 is 0.746. The fourth-order valence-electron chi connectivity index (χ4n) is 0.602. The van der Waals surface area contributed by atoms with Gasteiger partial charge in [0.1, 0.15) is 0 Å². The Bertz CT molecular complexity index is 205. The van der Waals surface area contributed by atoms with Crippen LogP contribution in [0, 0.1) is 0 Å². The maximum absolute atomic E-state index is 5.47. The van der Waals surface area contributed by atoms with Crippen molar-refractivity contribution in [2.24, 2.45) is 5.73 Å². The summed E-state index contributed by atoms with van der Waals surface area (Å²) in [5, 5.41) is 0. The molecule has 0 amide bonds. The molecule has 0 bridgehead atoms. The molecule has 0 aliphatic carbocycles. The average molecular weight is 157 g/mol. The molecule has 0 unspecified atom stereocenters. The number of hydrogen-bond acceptors (Lipinski definition) is 1. The maximum atomic E-state index is 5.47. The Kier molecular flexibility index (Phi) is 2.18. The fourth-order valence-corrected chi connectivity index (χ4v) is 0.815. The van der Waals surface area contributed by atoms with Gasteiger partial charge in [0.25, 0.3) is 0 Å². The molecule has 1 rings (SSSR count). The van der Waals surface area contributed by atoms with Gasteiger partial charge in [0.2, 0.25) is 0 Å². The van der Waals surface area contributed by atoms with E-state index in [4.69, 9.17) is 5.73 Å². The zero-order chi connectivity index (χ0) is 6.69.